The second-order valence-corrected chi connectivity index (χ2v) is 6.81. The van der Waals surface area contributed by atoms with Gasteiger partial charge in [-0.15, -0.1) is 0 Å². The van der Waals surface area contributed by atoms with Crippen molar-refractivity contribution in [2.45, 2.75) is 5.60 Å². The van der Waals surface area contributed by atoms with Crippen molar-refractivity contribution in [3.05, 3.63) is 77.1 Å². The average molecular weight is 434 g/mol. The first kappa shape index (κ1) is 23.7. The normalized spacial score (nSPS) is 13.3. The number of nitrogens with two attached hydrogens (primary N) is 3. The number of aliphatic hydroxyl groups is 1. The molecule has 0 aliphatic heterocycles. The van der Waals surface area contributed by atoms with E-state index in [1.54, 1.807) is 24.3 Å². The molecule has 0 radical (unpaired) electrons. The summed E-state index contributed by atoms with van der Waals surface area (Å²) in [5.41, 5.74) is 4.32. The molecule has 0 saturated carbocycles. The molecule has 0 amide bonds. The number of benzene rings is 2. The van der Waals surface area contributed by atoms with Crippen molar-refractivity contribution in [2.24, 2.45) is 17.4 Å². The summed E-state index contributed by atoms with van der Waals surface area (Å²) in [6, 6.07) is 9.05. The van der Waals surface area contributed by atoms with Gasteiger partial charge in [0.15, 0.2) is 0 Å². The van der Waals surface area contributed by atoms with E-state index >= 15 is 0 Å². The topological polar surface area (TPSA) is 155 Å². The summed E-state index contributed by atoms with van der Waals surface area (Å²) in [6.45, 7) is -0.840. The minimum absolute atomic E-state index is 0.0546. The first-order valence-corrected chi connectivity index (χ1v) is 9.02. The van der Waals surface area contributed by atoms with Crippen LogP contribution in [0.4, 0.5) is 8.78 Å². The van der Waals surface area contributed by atoms with Crippen LogP contribution in [0.5, 0.6) is 5.75 Å². The standard InChI is InChI=1S/C20H24F2N6O3/c21-15-3-6-18(19(22)7-15)20(30,12-28(26)13-23)11-27(25)8-16(24)10-31-17-4-1-14(9-29)2-5-17/h1-9,13,23,30H,10-12,24-26H2/b16-8-,23-13?. The summed E-state index contributed by atoms with van der Waals surface area (Å²) in [5.74, 6) is 10.2. The van der Waals surface area contributed by atoms with E-state index in [0.29, 0.717) is 23.7 Å². The number of hydrogen-bond acceptors (Lipinski definition) is 8. The van der Waals surface area contributed by atoms with E-state index in [1.807, 2.05) is 0 Å². The summed E-state index contributed by atoms with van der Waals surface area (Å²) >= 11 is 0. The Morgan fingerprint density at radius 3 is 2.35 bits per heavy atom. The number of hydrazine groups is 2. The van der Waals surface area contributed by atoms with Crippen LogP contribution in [0.3, 0.4) is 0 Å². The van der Waals surface area contributed by atoms with Crippen molar-refractivity contribution < 1.29 is 23.4 Å². The number of carbonyl (C=O) groups excluding carboxylic acids is 1. The molecule has 166 valence electrons. The van der Waals surface area contributed by atoms with Gasteiger partial charge in [0.05, 0.1) is 25.1 Å². The molecule has 0 heterocycles. The van der Waals surface area contributed by atoms with Crippen LogP contribution in [0.25, 0.3) is 0 Å². The first-order chi connectivity index (χ1) is 14.7. The molecule has 1 unspecified atom stereocenters. The number of hydrogen-bond donors (Lipinski definition) is 5. The van der Waals surface area contributed by atoms with Crippen LogP contribution in [0, 0.1) is 17.0 Å². The molecular formula is C20H24F2N6O3. The van der Waals surface area contributed by atoms with Crippen molar-refractivity contribution in [2.75, 3.05) is 19.7 Å². The molecule has 0 aromatic heterocycles. The van der Waals surface area contributed by atoms with Crippen LogP contribution in [0.15, 0.2) is 54.4 Å². The van der Waals surface area contributed by atoms with Gasteiger partial charge in [-0.25, -0.2) is 20.5 Å². The fourth-order valence-corrected chi connectivity index (χ4v) is 2.84. The highest BCUT2D eigenvalue weighted by molar-refractivity contribution is 5.74. The predicted octanol–water partition coefficient (Wildman–Crippen LogP) is 0.802. The number of ether oxygens (including phenoxy) is 1. The third kappa shape index (κ3) is 6.74. The quantitative estimate of drug-likeness (QED) is 0.114. The molecule has 8 N–H and O–H groups in total. The van der Waals surface area contributed by atoms with Gasteiger partial charge in [0, 0.05) is 23.4 Å². The second kappa shape index (κ2) is 10.5. The summed E-state index contributed by atoms with van der Waals surface area (Å²) in [5, 5.41) is 20.1. The molecule has 31 heavy (non-hydrogen) atoms. The predicted molar refractivity (Wildman–Crippen MR) is 110 cm³/mol. The Balaban J connectivity index is 2.13. The molecule has 2 rings (SSSR count). The summed E-state index contributed by atoms with van der Waals surface area (Å²) < 4.78 is 33.1. The zero-order valence-electron chi connectivity index (χ0n) is 16.5. The van der Waals surface area contributed by atoms with Crippen molar-refractivity contribution in [1.29, 1.82) is 5.41 Å². The van der Waals surface area contributed by atoms with Gasteiger partial charge in [-0.3, -0.25) is 15.2 Å². The Morgan fingerprint density at radius 2 is 1.77 bits per heavy atom. The molecule has 0 bridgehead atoms. The van der Waals surface area contributed by atoms with Crippen molar-refractivity contribution in [3.63, 3.8) is 0 Å². The highest BCUT2D eigenvalue weighted by Gasteiger charge is 2.35. The maximum absolute atomic E-state index is 14.3. The van der Waals surface area contributed by atoms with Crippen molar-refractivity contribution in [3.8, 4) is 5.75 Å². The lowest BCUT2D eigenvalue weighted by molar-refractivity contribution is -0.00970. The molecule has 0 aliphatic carbocycles. The highest BCUT2D eigenvalue weighted by atomic mass is 19.1. The zero-order chi connectivity index (χ0) is 23.0. The number of aldehydes is 1. The first-order valence-electron chi connectivity index (χ1n) is 9.02. The highest BCUT2D eigenvalue weighted by Crippen LogP contribution is 2.26. The Bertz CT molecular complexity index is 941. The SMILES string of the molecule is N=CN(N)CC(O)(CN(N)/C=C(\N)COc1ccc(C=O)cc1)c1ccc(F)cc1F. The van der Waals surface area contributed by atoms with Crippen LogP contribution < -0.4 is 22.2 Å². The van der Waals surface area contributed by atoms with E-state index in [1.165, 1.54) is 6.20 Å². The Morgan fingerprint density at radius 1 is 1.13 bits per heavy atom. The average Bonchev–Trinajstić information content (AvgIpc) is 2.72. The van der Waals surface area contributed by atoms with E-state index in [-0.39, 0.29) is 24.4 Å². The van der Waals surface area contributed by atoms with Crippen molar-refractivity contribution >= 4 is 12.6 Å². The summed E-state index contributed by atoms with van der Waals surface area (Å²) in [4.78, 5) is 10.7. The van der Waals surface area contributed by atoms with Gasteiger partial charge in [0.2, 0.25) is 0 Å². The van der Waals surface area contributed by atoms with Gasteiger partial charge in [-0.05, 0) is 30.3 Å². The minimum Gasteiger partial charge on any atom is -0.487 e. The van der Waals surface area contributed by atoms with E-state index in [4.69, 9.17) is 27.6 Å². The lowest BCUT2D eigenvalue weighted by atomic mass is 9.92. The van der Waals surface area contributed by atoms with Gasteiger partial charge >= 0.3 is 0 Å². The molecule has 2 aromatic carbocycles. The fourth-order valence-electron chi connectivity index (χ4n) is 2.84. The van der Waals surface area contributed by atoms with Crippen molar-refractivity contribution in [1.82, 2.24) is 10.0 Å². The van der Waals surface area contributed by atoms with Crippen LogP contribution in [0.2, 0.25) is 0 Å². The molecule has 11 heteroatoms. The number of halogens is 2. The zero-order valence-corrected chi connectivity index (χ0v) is 16.5. The molecule has 9 nitrogen and oxygen atoms in total. The maximum Gasteiger partial charge on any atom is 0.150 e. The Hall–Kier alpha value is -3.54. The van der Waals surface area contributed by atoms with E-state index in [0.717, 1.165) is 28.5 Å². The number of nitrogens with one attached hydrogen (secondary N) is 1. The van der Waals surface area contributed by atoms with Gasteiger partial charge in [-0.1, -0.05) is 6.07 Å². The van der Waals surface area contributed by atoms with Crippen LogP contribution in [-0.4, -0.2) is 47.4 Å². The molecule has 0 aliphatic rings. The van der Waals surface area contributed by atoms with E-state index < -0.39 is 23.8 Å². The molecule has 0 spiro atoms. The number of nitrogens with zero attached hydrogens (tertiary/aromatic N) is 2. The smallest absolute Gasteiger partial charge is 0.150 e. The lowest BCUT2D eigenvalue weighted by Crippen LogP contribution is -2.51. The second-order valence-electron chi connectivity index (χ2n) is 6.81. The van der Waals surface area contributed by atoms with Gasteiger partial charge in [-0.2, -0.15) is 0 Å². The number of carbonyl (C=O) groups is 1. The maximum atomic E-state index is 14.3. The fraction of sp³-hybridized carbons (Fsp3) is 0.200. The summed E-state index contributed by atoms with van der Waals surface area (Å²) in [7, 11) is 0. The van der Waals surface area contributed by atoms with Gasteiger partial charge < -0.3 is 20.6 Å². The molecule has 0 fully saturated rings. The lowest BCUT2D eigenvalue weighted by Gasteiger charge is -2.34. The molecule has 2 aromatic rings. The molecular weight excluding hydrogens is 410 g/mol. The van der Waals surface area contributed by atoms with E-state index in [2.05, 4.69) is 0 Å². The van der Waals surface area contributed by atoms with E-state index in [9.17, 15) is 18.7 Å². The molecule has 0 saturated heterocycles. The van der Waals surface area contributed by atoms with Crippen LogP contribution in [0.1, 0.15) is 15.9 Å². The third-order valence-electron chi connectivity index (χ3n) is 4.24. The summed E-state index contributed by atoms with van der Waals surface area (Å²) in [6.07, 6.45) is 2.72. The Kier molecular flexibility index (Phi) is 8.02. The van der Waals surface area contributed by atoms with Crippen LogP contribution >= 0.6 is 0 Å². The third-order valence-corrected chi connectivity index (χ3v) is 4.24. The molecule has 1 atom stereocenters. The van der Waals surface area contributed by atoms with Crippen LogP contribution in [-0.2, 0) is 5.60 Å². The van der Waals surface area contributed by atoms with Gasteiger partial charge in [0.1, 0.15) is 35.9 Å². The monoisotopic (exact) mass is 434 g/mol. The minimum atomic E-state index is -2.00. The Labute approximate surface area is 177 Å². The largest absolute Gasteiger partial charge is 0.487 e. The van der Waals surface area contributed by atoms with Gasteiger partial charge in [0.25, 0.3) is 0 Å². The number of rotatable bonds is 11.